The molecule has 0 bridgehead atoms. The largest absolute Gasteiger partial charge is 0.306 e. The molecule has 19 heavy (non-hydrogen) atoms. The van der Waals surface area contributed by atoms with Crippen LogP contribution in [0.3, 0.4) is 0 Å². The molecule has 1 N–H and O–H groups in total. The zero-order chi connectivity index (χ0) is 14.0. The van der Waals surface area contributed by atoms with Crippen LogP contribution in [0.15, 0.2) is 37.0 Å². The van der Waals surface area contributed by atoms with Crippen molar-refractivity contribution in [1.29, 1.82) is 0 Å². The van der Waals surface area contributed by atoms with Gasteiger partial charge in [-0.25, -0.2) is 4.39 Å². The second-order valence-electron chi connectivity index (χ2n) is 3.90. The van der Waals surface area contributed by atoms with Crippen molar-refractivity contribution in [2.75, 3.05) is 6.54 Å². The monoisotopic (exact) mass is 469 g/mol. The van der Waals surface area contributed by atoms with Gasteiger partial charge in [-0.05, 0) is 72.0 Å². The average Bonchev–Trinajstić information content (AvgIpc) is 2.70. The minimum atomic E-state index is -0.241. The summed E-state index contributed by atoms with van der Waals surface area (Å²) in [4.78, 5) is 1.13. The van der Waals surface area contributed by atoms with Crippen LogP contribution in [0.2, 0.25) is 0 Å². The van der Waals surface area contributed by atoms with E-state index in [-0.39, 0.29) is 11.9 Å². The number of thiophene rings is 1. The van der Waals surface area contributed by atoms with Crippen LogP contribution in [-0.4, -0.2) is 6.54 Å². The van der Waals surface area contributed by atoms with E-state index in [1.54, 1.807) is 17.4 Å². The zero-order valence-electron chi connectivity index (χ0n) is 10.0. The lowest BCUT2D eigenvalue weighted by Crippen LogP contribution is -2.21. The maximum Gasteiger partial charge on any atom is 0.137 e. The first-order valence-electron chi connectivity index (χ1n) is 5.66. The van der Waals surface area contributed by atoms with Crippen molar-refractivity contribution in [1.82, 2.24) is 5.32 Å². The van der Waals surface area contributed by atoms with E-state index >= 15 is 0 Å². The Morgan fingerprint density at radius 1 is 1.32 bits per heavy atom. The summed E-state index contributed by atoms with van der Waals surface area (Å²) in [5.74, 6) is -0.241. The van der Waals surface area contributed by atoms with E-state index in [0.29, 0.717) is 4.47 Å². The molecule has 0 aliphatic rings. The molecule has 1 heterocycles. The molecule has 2 aromatic rings. The van der Waals surface area contributed by atoms with Crippen LogP contribution in [0.1, 0.15) is 23.4 Å². The third-order valence-electron chi connectivity index (χ3n) is 2.65. The first kappa shape index (κ1) is 15.6. The molecule has 0 fully saturated rings. The van der Waals surface area contributed by atoms with Crippen LogP contribution >= 0.6 is 59.1 Å². The second-order valence-corrected chi connectivity index (χ2v) is 7.95. The third kappa shape index (κ3) is 3.47. The standard InChI is InChI=1S/C13H11Br3FNS/c1-2-18-12(10-6-8(14)13(16)19-10)7-4-3-5-9(17)11(7)15/h3-6,12,18H,2H2,1H3. The summed E-state index contributed by atoms with van der Waals surface area (Å²) in [6, 6.07) is 7.15. The van der Waals surface area contributed by atoms with Crippen molar-refractivity contribution < 1.29 is 4.39 Å². The third-order valence-corrected chi connectivity index (χ3v) is 6.81. The summed E-state index contributed by atoms with van der Waals surface area (Å²) in [5.41, 5.74) is 0.906. The molecule has 0 spiro atoms. The number of hydrogen-bond acceptors (Lipinski definition) is 2. The Morgan fingerprint density at radius 2 is 2.05 bits per heavy atom. The molecule has 0 aliphatic carbocycles. The maximum atomic E-state index is 13.7. The number of benzene rings is 1. The topological polar surface area (TPSA) is 12.0 Å². The molecule has 1 aromatic carbocycles. The lowest BCUT2D eigenvalue weighted by Gasteiger charge is -2.18. The van der Waals surface area contributed by atoms with Crippen molar-refractivity contribution in [3.05, 3.63) is 53.3 Å². The lowest BCUT2D eigenvalue weighted by atomic mass is 10.1. The molecule has 1 unspecified atom stereocenters. The van der Waals surface area contributed by atoms with Gasteiger partial charge in [0, 0.05) is 9.35 Å². The van der Waals surface area contributed by atoms with Gasteiger partial charge in [-0.3, -0.25) is 0 Å². The highest BCUT2D eigenvalue weighted by atomic mass is 79.9. The van der Waals surface area contributed by atoms with E-state index in [2.05, 4.69) is 59.2 Å². The first-order chi connectivity index (χ1) is 9.04. The first-order valence-corrected chi connectivity index (χ1v) is 8.86. The van der Waals surface area contributed by atoms with E-state index in [9.17, 15) is 4.39 Å². The predicted molar refractivity (Wildman–Crippen MR) is 89.3 cm³/mol. The fraction of sp³-hybridized carbons (Fsp3) is 0.231. The van der Waals surface area contributed by atoms with Gasteiger partial charge >= 0.3 is 0 Å². The van der Waals surface area contributed by atoms with Crippen molar-refractivity contribution in [3.8, 4) is 0 Å². The Morgan fingerprint density at radius 3 is 2.63 bits per heavy atom. The number of halogens is 4. The summed E-state index contributed by atoms with van der Waals surface area (Å²) in [7, 11) is 0. The van der Waals surface area contributed by atoms with E-state index in [1.165, 1.54) is 6.07 Å². The van der Waals surface area contributed by atoms with Gasteiger partial charge in [0.1, 0.15) is 5.82 Å². The molecule has 0 amide bonds. The Kier molecular flexibility index (Phi) is 5.60. The van der Waals surface area contributed by atoms with Gasteiger partial charge in [-0.15, -0.1) is 11.3 Å². The molecule has 2 rings (SSSR count). The highest BCUT2D eigenvalue weighted by Crippen LogP contribution is 2.39. The molecular formula is C13H11Br3FNS. The molecule has 1 aromatic heterocycles. The lowest BCUT2D eigenvalue weighted by molar-refractivity contribution is 0.599. The number of rotatable bonds is 4. The van der Waals surface area contributed by atoms with Crippen molar-refractivity contribution in [2.24, 2.45) is 0 Å². The summed E-state index contributed by atoms with van der Waals surface area (Å²) < 4.78 is 16.3. The molecule has 102 valence electrons. The van der Waals surface area contributed by atoms with E-state index in [1.807, 2.05) is 13.0 Å². The maximum absolute atomic E-state index is 13.7. The van der Waals surface area contributed by atoms with E-state index < -0.39 is 0 Å². The normalized spacial score (nSPS) is 12.7. The molecular weight excluding hydrogens is 461 g/mol. The molecule has 1 nitrogen and oxygen atoms in total. The van der Waals surface area contributed by atoms with Gasteiger partial charge in [-0.2, -0.15) is 0 Å². The van der Waals surface area contributed by atoms with Gasteiger partial charge in [-0.1, -0.05) is 19.1 Å². The molecule has 0 saturated carbocycles. The van der Waals surface area contributed by atoms with Gasteiger partial charge in [0.25, 0.3) is 0 Å². The number of nitrogens with one attached hydrogen (secondary N) is 1. The quantitative estimate of drug-likeness (QED) is 0.587. The Bertz CT molecular complexity index is 566. The average molecular weight is 472 g/mol. The SMILES string of the molecule is CCNC(c1cc(Br)c(Br)s1)c1cccc(F)c1Br. The van der Waals surface area contributed by atoms with Gasteiger partial charge < -0.3 is 5.32 Å². The smallest absolute Gasteiger partial charge is 0.137 e. The fourth-order valence-corrected chi connectivity index (χ4v) is 4.49. The van der Waals surface area contributed by atoms with Crippen LogP contribution in [0.5, 0.6) is 0 Å². The van der Waals surface area contributed by atoms with E-state index in [0.717, 1.165) is 25.2 Å². The van der Waals surface area contributed by atoms with Crippen LogP contribution < -0.4 is 5.32 Å². The fourth-order valence-electron chi connectivity index (χ4n) is 1.82. The Balaban J connectivity index is 2.48. The van der Waals surface area contributed by atoms with Gasteiger partial charge in [0.2, 0.25) is 0 Å². The van der Waals surface area contributed by atoms with Crippen LogP contribution in [0.25, 0.3) is 0 Å². The Labute approximate surface area is 141 Å². The molecule has 0 radical (unpaired) electrons. The van der Waals surface area contributed by atoms with Crippen LogP contribution in [-0.2, 0) is 0 Å². The molecule has 0 aliphatic heterocycles. The van der Waals surface area contributed by atoms with Crippen molar-refractivity contribution in [2.45, 2.75) is 13.0 Å². The summed E-state index contributed by atoms with van der Waals surface area (Å²) in [6.45, 7) is 2.85. The molecule has 1 atom stereocenters. The zero-order valence-corrected chi connectivity index (χ0v) is 15.6. The van der Waals surface area contributed by atoms with Gasteiger partial charge in [0.15, 0.2) is 0 Å². The van der Waals surface area contributed by atoms with Crippen LogP contribution in [0.4, 0.5) is 4.39 Å². The predicted octanol–water partition coefficient (Wildman–Crippen LogP) is 5.87. The van der Waals surface area contributed by atoms with Crippen molar-refractivity contribution in [3.63, 3.8) is 0 Å². The second kappa shape index (κ2) is 6.80. The van der Waals surface area contributed by atoms with Gasteiger partial charge in [0.05, 0.1) is 14.3 Å². The summed E-state index contributed by atoms with van der Waals surface area (Å²) in [5, 5.41) is 3.40. The highest BCUT2D eigenvalue weighted by molar-refractivity contribution is 9.13. The Hall–Kier alpha value is 0.250. The minimum absolute atomic E-state index is 0.0253. The highest BCUT2D eigenvalue weighted by Gasteiger charge is 2.20. The number of hydrogen-bond donors (Lipinski definition) is 1. The van der Waals surface area contributed by atoms with Crippen LogP contribution in [0, 0.1) is 5.82 Å². The van der Waals surface area contributed by atoms with E-state index in [4.69, 9.17) is 0 Å². The summed E-state index contributed by atoms with van der Waals surface area (Å²) >= 11 is 12.0. The minimum Gasteiger partial charge on any atom is -0.306 e. The summed E-state index contributed by atoms with van der Waals surface area (Å²) in [6.07, 6.45) is 0. The molecule has 0 saturated heterocycles. The van der Waals surface area contributed by atoms with Crippen molar-refractivity contribution >= 4 is 59.1 Å². The molecule has 6 heteroatoms.